The van der Waals surface area contributed by atoms with Crippen LogP contribution in [0.3, 0.4) is 0 Å². The normalized spacial score (nSPS) is 15.5. The zero-order valence-electron chi connectivity index (χ0n) is 17.4. The van der Waals surface area contributed by atoms with Crippen LogP contribution >= 0.6 is 0 Å². The Morgan fingerprint density at radius 3 is 2.80 bits per heavy atom. The number of ether oxygens (including phenoxy) is 1. The van der Waals surface area contributed by atoms with Gasteiger partial charge >= 0.3 is 0 Å². The van der Waals surface area contributed by atoms with Gasteiger partial charge in [-0.15, -0.1) is 0 Å². The fraction of sp³-hybridized carbons (Fsp3) is 0.350. The van der Waals surface area contributed by atoms with Gasteiger partial charge in [-0.2, -0.15) is 10.1 Å². The van der Waals surface area contributed by atoms with E-state index in [0.29, 0.717) is 36.4 Å². The van der Waals surface area contributed by atoms with E-state index in [4.69, 9.17) is 4.74 Å². The second kappa shape index (κ2) is 7.97. The number of nitrogens with one attached hydrogen (secondary N) is 2. The molecule has 0 saturated carbocycles. The first-order chi connectivity index (χ1) is 14.4. The Morgan fingerprint density at radius 1 is 1.23 bits per heavy atom. The predicted molar refractivity (Wildman–Crippen MR) is 113 cm³/mol. The average molecular weight is 408 g/mol. The van der Waals surface area contributed by atoms with Crippen LogP contribution in [0.5, 0.6) is 5.88 Å². The molecule has 3 aromatic heterocycles. The largest absolute Gasteiger partial charge is 0.481 e. The lowest BCUT2D eigenvalue weighted by Crippen LogP contribution is -2.44. The molecule has 0 bridgehead atoms. The average Bonchev–Trinajstić information content (AvgIpc) is 3.19. The van der Waals surface area contributed by atoms with E-state index in [1.807, 2.05) is 55.0 Å². The minimum absolute atomic E-state index is 0.0584. The number of methoxy groups -OCH3 is 1. The van der Waals surface area contributed by atoms with E-state index in [1.54, 1.807) is 13.3 Å². The molecule has 1 aliphatic rings. The summed E-state index contributed by atoms with van der Waals surface area (Å²) in [7, 11) is 3.45. The summed E-state index contributed by atoms with van der Waals surface area (Å²) in [6.07, 6.45) is 5.55. The molecule has 10 heteroatoms. The molecule has 0 unspecified atom stereocenters. The molecule has 4 heterocycles. The molecule has 1 amide bonds. The third-order valence-electron chi connectivity index (χ3n) is 5.10. The van der Waals surface area contributed by atoms with Gasteiger partial charge in [0.05, 0.1) is 25.5 Å². The first kappa shape index (κ1) is 19.6. The Hall–Kier alpha value is -3.69. The van der Waals surface area contributed by atoms with Crippen molar-refractivity contribution in [1.82, 2.24) is 24.7 Å². The van der Waals surface area contributed by atoms with Crippen LogP contribution in [0.15, 0.2) is 30.7 Å². The highest BCUT2D eigenvalue weighted by Crippen LogP contribution is 2.32. The van der Waals surface area contributed by atoms with Crippen LogP contribution in [-0.2, 0) is 17.9 Å². The van der Waals surface area contributed by atoms with Crippen LogP contribution in [0.2, 0.25) is 0 Å². The third-order valence-corrected chi connectivity index (χ3v) is 5.10. The lowest BCUT2D eigenvalue weighted by atomic mass is 10.2. The van der Waals surface area contributed by atoms with Crippen LogP contribution in [-0.4, -0.2) is 50.8 Å². The highest BCUT2D eigenvalue weighted by Gasteiger charge is 2.30. The summed E-state index contributed by atoms with van der Waals surface area (Å²) >= 11 is 0. The first-order valence-corrected chi connectivity index (χ1v) is 9.61. The van der Waals surface area contributed by atoms with E-state index >= 15 is 0 Å². The number of rotatable bonds is 6. The van der Waals surface area contributed by atoms with Gasteiger partial charge in [-0.1, -0.05) is 6.07 Å². The minimum Gasteiger partial charge on any atom is -0.481 e. The van der Waals surface area contributed by atoms with Crippen LogP contribution in [0.25, 0.3) is 0 Å². The number of carbonyl (C=O) groups is 1. The molecular weight excluding hydrogens is 384 g/mol. The number of hydrogen-bond donors (Lipinski definition) is 2. The molecule has 2 N–H and O–H groups in total. The van der Waals surface area contributed by atoms with Gasteiger partial charge in [0, 0.05) is 37.6 Å². The number of hydrogen-bond acceptors (Lipinski definition) is 8. The molecule has 0 radical (unpaired) electrons. The van der Waals surface area contributed by atoms with E-state index in [9.17, 15) is 4.79 Å². The molecule has 0 aliphatic carbocycles. The second-order valence-electron chi connectivity index (χ2n) is 7.22. The SMILES string of the molecule is COc1ccc(Cn2cc(CNc3nc(C)c4c(n3)N(C)[C@@H](C)C(=O)N4)cn2)cn1. The van der Waals surface area contributed by atoms with E-state index in [0.717, 1.165) is 16.8 Å². The highest BCUT2D eigenvalue weighted by atomic mass is 16.5. The molecule has 30 heavy (non-hydrogen) atoms. The van der Waals surface area contributed by atoms with Crippen molar-refractivity contribution in [2.75, 3.05) is 29.7 Å². The summed E-state index contributed by atoms with van der Waals surface area (Å²) in [5.41, 5.74) is 3.42. The van der Waals surface area contributed by atoms with Crippen molar-refractivity contribution in [3.63, 3.8) is 0 Å². The summed E-state index contributed by atoms with van der Waals surface area (Å²) in [5, 5.41) is 10.5. The number of aryl methyl sites for hydroxylation is 1. The van der Waals surface area contributed by atoms with E-state index in [2.05, 4.69) is 30.7 Å². The van der Waals surface area contributed by atoms with Crippen molar-refractivity contribution in [3.8, 4) is 5.88 Å². The van der Waals surface area contributed by atoms with Crippen LogP contribution in [0.1, 0.15) is 23.7 Å². The molecule has 156 valence electrons. The zero-order valence-corrected chi connectivity index (χ0v) is 17.4. The number of aromatic nitrogens is 5. The number of amides is 1. The lowest BCUT2D eigenvalue weighted by Gasteiger charge is -2.32. The minimum atomic E-state index is -0.287. The van der Waals surface area contributed by atoms with Gasteiger partial charge in [0.2, 0.25) is 17.7 Å². The van der Waals surface area contributed by atoms with Gasteiger partial charge in [0.1, 0.15) is 11.7 Å². The highest BCUT2D eigenvalue weighted by molar-refractivity contribution is 6.03. The van der Waals surface area contributed by atoms with Crippen molar-refractivity contribution < 1.29 is 9.53 Å². The molecule has 10 nitrogen and oxygen atoms in total. The van der Waals surface area contributed by atoms with Crippen LogP contribution in [0.4, 0.5) is 17.5 Å². The van der Waals surface area contributed by atoms with Crippen molar-refractivity contribution in [1.29, 1.82) is 0 Å². The quantitative estimate of drug-likeness (QED) is 0.636. The number of nitrogens with zero attached hydrogens (tertiary/aromatic N) is 6. The number of likely N-dealkylation sites (N-methyl/N-ethyl adjacent to an activating group) is 1. The molecule has 4 rings (SSSR count). The molecule has 0 saturated heterocycles. The maximum Gasteiger partial charge on any atom is 0.246 e. The number of fused-ring (bicyclic) bond motifs is 1. The third kappa shape index (κ3) is 3.88. The van der Waals surface area contributed by atoms with Gasteiger partial charge in [0.15, 0.2) is 5.82 Å². The summed E-state index contributed by atoms with van der Waals surface area (Å²) in [4.78, 5) is 27.2. The Balaban J connectivity index is 1.43. The second-order valence-corrected chi connectivity index (χ2v) is 7.22. The van der Waals surface area contributed by atoms with Crippen molar-refractivity contribution in [3.05, 3.63) is 47.5 Å². The fourth-order valence-corrected chi connectivity index (χ4v) is 3.20. The molecular formula is C20H24N8O2. The van der Waals surface area contributed by atoms with Gasteiger partial charge in [-0.25, -0.2) is 9.97 Å². The maximum atomic E-state index is 12.0. The maximum absolute atomic E-state index is 12.0. The Bertz CT molecular complexity index is 1060. The molecule has 1 atom stereocenters. The fourth-order valence-electron chi connectivity index (χ4n) is 3.20. The van der Waals surface area contributed by atoms with Crippen molar-refractivity contribution >= 4 is 23.4 Å². The smallest absolute Gasteiger partial charge is 0.246 e. The molecule has 3 aromatic rings. The standard InChI is InChI=1S/C20H24N8O2/c1-12-17-18(27(3)13(2)19(29)25-17)26-20(24-12)22-8-15-9-23-28(11-15)10-14-5-6-16(30-4)21-7-14/h5-7,9,11,13H,8,10H2,1-4H3,(H,25,29)(H,22,24,26)/t13-/m0/s1. The van der Waals surface area contributed by atoms with Gasteiger partial charge in [0.25, 0.3) is 0 Å². The topological polar surface area (TPSA) is 110 Å². The van der Waals surface area contributed by atoms with Crippen LogP contribution < -0.4 is 20.3 Å². The Labute approximate surface area is 174 Å². The first-order valence-electron chi connectivity index (χ1n) is 9.61. The Morgan fingerprint density at radius 2 is 2.07 bits per heavy atom. The predicted octanol–water partition coefficient (Wildman–Crippen LogP) is 1.82. The van der Waals surface area contributed by atoms with E-state index in [1.165, 1.54) is 0 Å². The monoisotopic (exact) mass is 408 g/mol. The molecule has 1 aliphatic heterocycles. The van der Waals surface area contributed by atoms with E-state index in [-0.39, 0.29) is 11.9 Å². The number of anilines is 3. The zero-order chi connectivity index (χ0) is 21.3. The molecule has 0 spiro atoms. The van der Waals surface area contributed by atoms with E-state index < -0.39 is 0 Å². The summed E-state index contributed by atoms with van der Waals surface area (Å²) < 4.78 is 6.93. The van der Waals surface area contributed by atoms with Crippen molar-refractivity contribution in [2.45, 2.75) is 33.0 Å². The Kier molecular flexibility index (Phi) is 5.21. The van der Waals surface area contributed by atoms with Gasteiger partial charge < -0.3 is 20.3 Å². The van der Waals surface area contributed by atoms with Gasteiger partial charge in [-0.3, -0.25) is 9.48 Å². The lowest BCUT2D eigenvalue weighted by molar-refractivity contribution is -0.117. The van der Waals surface area contributed by atoms with Gasteiger partial charge in [-0.05, 0) is 19.4 Å². The molecule has 0 fully saturated rings. The molecule has 0 aromatic carbocycles. The number of pyridine rings is 1. The summed E-state index contributed by atoms with van der Waals surface area (Å²) in [6.45, 7) is 4.85. The summed E-state index contributed by atoms with van der Waals surface area (Å²) in [5.74, 6) is 1.74. The summed E-state index contributed by atoms with van der Waals surface area (Å²) in [6, 6.07) is 3.51. The number of carbonyl (C=O) groups excluding carboxylic acids is 1. The van der Waals surface area contributed by atoms with Crippen molar-refractivity contribution in [2.24, 2.45) is 0 Å². The van der Waals surface area contributed by atoms with Crippen LogP contribution in [0, 0.1) is 6.92 Å².